The maximum atomic E-state index is 11.7. The molecule has 0 bridgehead atoms. The summed E-state index contributed by atoms with van der Waals surface area (Å²) in [6, 6.07) is 7.87. The van der Waals surface area contributed by atoms with Gasteiger partial charge < -0.3 is 4.55 Å². The maximum Gasteiger partial charge on any atom is 0.153 e. The fourth-order valence-electron chi connectivity index (χ4n) is 1.28. The number of hydrogen-bond donors (Lipinski definition) is 0. The standard InChI is InChI=1S/C13H17OS/c1-3-5-7-12-8-6-9-13(11-12)15(14)10-4-2/h5-9,11H,1,3-4,10H2,2H3. The molecule has 2 heteroatoms. The van der Waals surface area contributed by atoms with Gasteiger partial charge in [0.15, 0.2) is 4.90 Å². The molecule has 0 heterocycles. The van der Waals surface area contributed by atoms with Gasteiger partial charge in [0.2, 0.25) is 0 Å². The second kappa shape index (κ2) is 6.70. The van der Waals surface area contributed by atoms with Crippen LogP contribution in [-0.4, -0.2) is 10.3 Å². The first kappa shape index (κ1) is 12.3. The zero-order chi connectivity index (χ0) is 11.1. The largest absolute Gasteiger partial charge is 0.611 e. The van der Waals surface area contributed by atoms with Crippen molar-refractivity contribution < 1.29 is 4.55 Å². The molecule has 0 amide bonds. The van der Waals surface area contributed by atoms with E-state index in [1.807, 2.05) is 43.3 Å². The molecule has 1 unspecified atom stereocenters. The lowest BCUT2D eigenvalue weighted by Crippen LogP contribution is -2.05. The van der Waals surface area contributed by atoms with Crippen LogP contribution in [0.3, 0.4) is 0 Å². The van der Waals surface area contributed by atoms with Crippen molar-refractivity contribution in [3.05, 3.63) is 42.8 Å². The predicted octanol–water partition coefficient (Wildman–Crippen LogP) is 3.44. The predicted molar refractivity (Wildman–Crippen MR) is 67.0 cm³/mol. The fourth-order valence-corrected chi connectivity index (χ4v) is 2.39. The summed E-state index contributed by atoms with van der Waals surface area (Å²) in [4.78, 5) is 0.920. The molecule has 1 radical (unpaired) electrons. The van der Waals surface area contributed by atoms with E-state index in [0.29, 0.717) is 0 Å². The van der Waals surface area contributed by atoms with Crippen molar-refractivity contribution in [1.82, 2.24) is 0 Å². The Kier molecular flexibility index (Phi) is 5.51. The molecule has 15 heavy (non-hydrogen) atoms. The summed E-state index contributed by atoms with van der Waals surface area (Å²) in [7, 11) is 0. The Balaban J connectivity index is 2.77. The molecule has 1 nitrogen and oxygen atoms in total. The topological polar surface area (TPSA) is 23.1 Å². The van der Waals surface area contributed by atoms with Crippen LogP contribution < -0.4 is 0 Å². The molecule has 0 aliphatic carbocycles. The Hall–Kier alpha value is -0.730. The minimum atomic E-state index is -0.849. The smallest absolute Gasteiger partial charge is 0.153 e. The van der Waals surface area contributed by atoms with Crippen LogP contribution in [0.2, 0.25) is 0 Å². The van der Waals surface area contributed by atoms with E-state index in [4.69, 9.17) is 0 Å². The number of rotatable bonds is 5. The summed E-state index contributed by atoms with van der Waals surface area (Å²) in [5.74, 6) is 0.739. The highest BCUT2D eigenvalue weighted by Gasteiger charge is 2.08. The quantitative estimate of drug-likeness (QED) is 0.698. The highest BCUT2D eigenvalue weighted by atomic mass is 32.2. The highest BCUT2D eigenvalue weighted by molar-refractivity contribution is 7.91. The number of hydrogen-bond acceptors (Lipinski definition) is 1. The minimum absolute atomic E-state index is 0.739. The SMILES string of the molecule is [CH2]CC=Cc1cccc([S+]([O-])CCC)c1. The van der Waals surface area contributed by atoms with Crippen molar-refractivity contribution in [2.45, 2.75) is 24.7 Å². The molecule has 0 aliphatic heterocycles. The van der Waals surface area contributed by atoms with E-state index in [9.17, 15) is 4.55 Å². The molecule has 0 aliphatic rings. The van der Waals surface area contributed by atoms with Crippen molar-refractivity contribution in [2.24, 2.45) is 0 Å². The van der Waals surface area contributed by atoms with E-state index in [2.05, 4.69) is 6.92 Å². The summed E-state index contributed by atoms with van der Waals surface area (Å²) in [5.41, 5.74) is 1.10. The average Bonchev–Trinajstić information content (AvgIpc) is 2.27. The van der Waals surface area contributed by atoms with Gasteiger partial charge in [0, 0.05) is 6.07 Å². The lowest BCUT2D eigenvalue weighted by Gasteiger charge is -2.09. The van der Waals surface area contributed by atoms with Crippen LogP contribution in [0.25, 0.3) is 6.08 Å². The summed E-state index contributed by atoms with van der Waals surface area (Å²) >= 11 is -0.849. The highest BCUT2D eigenvalue weighted by Crippen LogP contribution is 2.15. The van der Waals surface area contributed by atoms with Gasteiger partial charge in [-0.05, 0) is 42.6 Å². The van der Waals surface area contributed by atoms with Crippen LogP contribution in [-0.2, 0) is 11.2 Å². The van der Waals surface area contributed by atoms with Gasteiger partial charge in [-0.2, -0.15) is 0 Å². The molecule has 81 valence electrons. The molecule has 0 saturated carbocycles. The Morgan fingerprint density at radius 1 is 1.47 bits per heavy atom. The molecule has 0 aromatic heterocycles. The van der Waals surface area contributed by atoms with E-state index in [-0.39, 0.29) is 0 Å². The van der Waals surface area contributed by atoms with Gasteiger partial charge in [0.25, 0.3) is 0 Å². The van der Waals surface area contributed by atoms with Crippen molar-refractivity contribution in [2.75, 3.05) is 5.75 Å². The molecule has 1 rings (SSSR count). The van der Waals surface area contributed by atoms with Gasteiger partial charge in [0.05, 0.1) is 0 Å². The van der Waals surface area contributed by atoms with Crippen LogP contribution in [0.5, 0.6) is 0 Å². The lowest BCUT2D eigenvalue weighted by atomic mass is 10.2. The Labute approximate surface area is 95.4 Å². The zero-order valence-electron chi connectivity index (χ0n) is 9.11. The first-order valence-corrected chi connectivity index (χ1v) is 6.54. The van der Waals surface area contributed by atoms with Crippen molar-refractivity contribution in [1.29, 1.82) is 0 Å². The molecule has 0 spiro atoms. The zero-order valence-corrected chi connectivity index (χ0v) is 9.93. The first-order valence-electron chi connectivity index (χ1n) is 5.22. The Bertz CT molecular complexity index is 320. The molecule has 0 N–H and O–H groups in total. The summed E-state index contributed by atoms with van der Waals surface area (Å²) in [5, 5.41) is 0. The van der Waals surface area contributed by atoms with E-state index in [1.165, 1.54) is 0 Å². The first-order chi connectivity index (χ1) is 7.27. The Morgan fingerprint density at radius 2 is 2.27 bits per heavy atom. The van der Waals surface area contributed by atoms with Gasteiger partial charge in [0.1, 0.15) is 5.75 Å². The van der Waals surface area contributed by atoms with Gasteiger partial charge in [-0.3, -0.25) is 0 Å². The third-order valence-corrected chi connectivity index (χ3v) is 3.55. The fraction of sp³-hybridized carbons (Fsp3) is 0.308. The Morgan fingerprint density at radius 3 is 2.93 bits per heavy atom. The molecule has 0 saturated heterocycles. The molecule has 1 atom stereocenters. The van der Waals surface area contributed by atoms with E-state index >= 15 is 0 Å². The number of benzene rings is 1. The third-order valence-electron chi connectivity index (χ3n) is 1.99. The molecule has 0 fully saturated rings. The van der Waals surface area contributed by atoms with Crippen LogP contribution in [0.4, 0.5) is 0 Å². The van der Waals surface area contributed by atoms with Crippen LogP contribution >= 0.6 is 0 Å². The van der Waals surface area contributed by atoms with E-state index < -0.39 is 11.2 Å². The molecular weight excluding hydrogens is 204 g/mol. The van der Waals surface area contributed by atoms with E-state index in [1.54, 1.807) is 0 Å². The van der Waals surface area contributed by atoms with Gasteiger partial charge in [-0.1, -0.05) is 31.2 Å². The second-order valence-electron chi connectivity index (χ2n) is 3.31. The normalized spacial score (nSPS) is 13.3. The van der Waals surface area contributed by atoms with Gasteiger partial charge >= 0.3 is 0 Å². The maximum absolute atomic E-state index is 11.7. The second-order valence-corrected chi connectivity index (χ2v) is 4.88. The number of allylic oxidation sites excluding steroid dienone is 1. The van der Waals surface area contributed by atoms with Crippen molar-refractivity contribution in [3.63, 3.8) is 0 Å². The monoisotopic (exact) mass is 221 g/mol. The van der Waals surface area contributed by atoms with Gasteiger partial charge in [-0.15, -0.1) is 0 Å². The van der Waals surface area contributed by atoms with Crippen LogP contribution in [0.15, 0.2) is 35.2 Å². The molecule has 1 aromatic rings. The van der Waals surface area contributed by atoms with Crippen LogP contribution in [0.1, 0.15) is 25.3 Å². The van der Waals surface area contributed by atoms with Crippen molar-refractivity contribution >= 4 is 17.3 Å². The average molecular weight is 221 g/mol. The van der Waals surface area contributed by atoms with Crippen molar-refractivity contribution in [3.8, 4) is 0 Å². The van der Waals surface area contributed by atoms with Gasteiger partial charge in [-0.25, -0.2) is 0 Å². The summed E-state index contributed by atoms with van der Waals surface area (Å²) in [6.45, 7) is 5.79. The van der Waals surface area contributed by atoms with Crippen LogP contribution in [0, 0.1) is 6.92 Å². The van der Waals surface area contributed by atoms with E-state index in [0.717, 1.165) is 29.1 Å². The summed E-state index contributed by atoms with van der Waals surface area (Å²) in [6.07, 6.45) is 5.75. The minimum Gasteiger partial charge on any atom is -0.611 e. The summed E-state index contributed by atoms with van der Waals surface area (Å²) < 4.78 is 11.7. The molecular formula is C13H17OS. The lowest BCUT2D eigenvalue weighted by molar-refractivity contribution is 0.593. The molecule has 1 aromatic carbocycles. The third kappa shape index (κ3) is 4.10.